The molecule has 0 atom stereocenters. The lowest BCUT2D eigenvalue weighted by Gasteiger charge is -2.32. The van der Waals surface area contributed by atoms with Crippen LogP contribution >= 0.6 is 0 Å². The predicted octanol–water partition coefficient (Wildman–Crippen LogP) is 2.19. The first-order valence-corrected chi connectivity index (χ1v) is 8.95. The van der Waals surface area contributed by atoms with Gasteiger partial charge in [0.15, 0.2) is 0 Å². The molecule has 1 aliphatic heterocycles. The first-order chi connectivity index (χ1) is 12.8. The fourth-order valence-corrected chi connectivity index (χ4v) is 2.47. The van der Waals surface area contributed by atoms with Crippen molar-refractivity contribution in [1.82, 2.24) is 15.1 Å². The van der Waals surface area contributed by atoms with E-state index in [1.807, 2.05) is 20.8 Å². The van der Waals surface area contributed by atoms with Crippen LogP contribution in [0.15, 0.2) is 29.8 Å². The first kappa shape index (κ1) is 20.9. The molecule has 27 heavy (non-hydrogen) atoms. The Morgan fingerprint density at radius 1 is 1.26 bits per heavy atom. The Balaban J connectivity index is 1.71. The summed E-state index contributed by atoms with van der Waals surface area (Å²) in [7, 11) is 0. The molecule has 0 radical (unpaired) electrons. The Kier molecular flexibility index (Phi) is 7.37. The van der Waals surface area contributed by atoms with Crippen molar-refractivity contribution in [3.8, 4) is 0 Å². The van der Waals surface area contributed by atoms with E-state index in [1.165, 1.54) is 24.5 Å². The van der Waals surface area contributed by atoms with E-state index >= 15 is 0 Å². The second-order valence-electron chi connectivity index (χ2n) is 7.37. The van der Waals surface area contributed by atoms with Crippen molar-refractivity contribution in [1.29, 1.82) is 0 Å². The van der Waals surface area contributed by atoms with Crippen LogP contribution < -0.4 is 0 Å². The van der Waals surface area contributed by atoms with E-state index in [1.54, 1.807) is 5.06 Å². The average molecular weight is 378 g/mol. The molecule has 0 bridgehead atoms. The zero-order valence-electron chi connectivity index (χ0n) is 16.0. The van der Waals surface area contributed by atoms with Gasteiger partial charge >= 0.3 is 5.97 Å². The number of piperidine rings is 1. The van der Waals surface area contributed by atoms with Gasteiger partial charge in [-0.15, -0.1) is 9.97 Å². The number of amides is 1. The van der Waals surface area contributed by atoms with Crippen LogP contribution in [0.5, 0.6) is 0 Å². The number of hydrogen-bond acceptors (Lipinski definition) is 8. The Bertz CT molecular complexity index is 639. The van der Waals surface area contributed by atoms with E-state index in [0.717, 1.165) is 5.01 Å². The van der Waals surface area contributed by atoms with Crippen molar-refractivity contribution in [2.75, 3.05) is 26.2 Å². The van der Waals surface area contributed by atoms with Crippen molar-refractivity contribution >= 4 is 11.9 Å². The lowest BCUT2D eigenvalue weighted by Crippen LogP contribution is -2.41. The Morgan fingerprint density at radius 3 is 2.44 bits per heavy atom. The molecule has 1 amide bonds. The minimum Gasteiger partial charge on any atom is -0.376 e. The van der Waals surface area contributed by atoms with Gasteiger partial charge in [-0.05, 0) is 45.7 Å². The van der Waals surface area contributed by atoms with Crippen LogP contribution in [-0.4, -0.2) is 59.3 Å². The van der Waals surface area contributed by atoms with Crippen molar-refractivity contribution in [3.05, 3.63) is 35.0 Å². The van der Waals surface area contributed by atoms with Crippen LogP contribution in [-0.2, 0) is 14.4 Å². The number of rotatable bonds is 7. The number of carbonyl (C=O) groups excluding carboxylic acids is 2. The zero-order valence-corrected chi connectivity index (χ0v) is 16.0. The molecule has 0 saturated carbocycles. The summed E-state index contributed by atoms with van der Waals surface area (Å²) in [5, 5.41) is 5.28. The molecule has 2 heterocycles. The number of nitrogens with zero attached hydrogens (tertiary/aromatic N) is 4. The minimum atomic E-state index is -0.542. The second-order valence-corrected chi connectivity index (χ2v) is 7.37. The van der Waals surface area contributed by atoms with Gasteiger partial charge in [0.05, 0.1) is 30.0 Å². The third kappa shape index (κ3) is 6.37. The van der Waals surface area contributed by atoms with Gasteiger partial charge in [0.2, 0.25) is 0 Å². The van der Waals surface area contributed by atoms with E-state index in [0.29, 0.717) is 31.5 Å². The van der Waals surface area contributed by atoms with Gasteiger partial charge in [0.25, 0.3) is 5.91 Å². The van der Waals surface area contributed by atoms with Crippen LogP contribution in [0.2, 0.25) is 0 Å². The molecule has 0 N–H and O–H groups in total. The maximum absolute atomic E-state index is 12.2. The molecule has 9 heteroatoms. The maximum Gasteiger partial charge on any atom is 0.330 e. The highest BCUT2D eigenvalue weighted by molar-refractivity contribution is 5.93. The zero-order chi connectivity index (χ0) is 19.9. The molecule has 0 aliphatic carbocycles. The van der Waals surface area contributed by atoms with Gasteiger partial charge in [-0.2, -0.15) is 5.01 Å². The van der Waals surface area contributed by atoms with Crippen LogP contribution in [0.4, 0.5) is 0 Å². The summed E-state index contributed by atoms with van der Waals surface area (Å²) >= 11 is 0. The predicted molar refractivity (Wildman–Crippen MR) is 97.2 cm³/mol. The summed E-state index contributed by atoms with van der Waals surface area (Å²) in [6, 6.07) is 3.05. The molecular formula is C18H26N4O5. The molecule has 2 rings (SSSR count). The number of ether oxygens (including phenoxy) is 1. The molecule has 148 valence electrons. The third-order valence-corrected chi connectivity index (χ3v) is 4.14. The molecular weight excluding hydrogens is 352 g/mol. The van der Waals surface area contributed by atoms with Gasteiger partial charge in [-0.3, -0.25) is 9.78 Å². The normalized spacial score (nSPS) is 16.0. The van der Waals surface area contributed by atoms with Crippen molar-refractivity contribution < 1.29 is 19.2 Å². The molecule has 1 aliphatic rings. The van der Waals surface area contributed by atoms with Crippen LogP contribution in [0.3, 0.4) is 0 Å². The summed E-state index contributed by atoms with van der Waals surface area (Å²) in [6.45, 7) is 6.87. The largest absolute Gasteiger partial charge is 0.376 e. The Labute approximate surface area is 158 Å². The van der Waals surface area contributed by atoms with Crippen LogP contribution in [0.1, 0.15) is 44.0 Å². The van der Waals surface area contributed by atoms with Crippen LogP contribution in [0.25, 0.3) is 0 Å². The topological polar surface area (TPSA) is 101 Å². The second kappa shape index (κ2) is 9.52. The monoisotopic (exact) mass is 378 g/mol. The summed E-state index contributed by atoms with van der Waals surface area (Å²) in [5.74, 6) is -0.746. The van der Waals surface area contributed by atoms with E-state index < -0.39 is 11.3 Å². The highest BCUT2D eigenvalue weighted by atomic mass is 16.7. The van der Waals surface area contributed by atoms with E-state index in [4.69, 9.17) is 9.57 Å². The quantitative estimate of drug-likeness (QED) is 0.529. The van der Waals surface area contributed by atoms with Gasteiger partial charge < -0.3 is 9.57 Å². The van der Waals surface area contributed by atoms with Gasteiger partial charge in [0.1, 0.15) is 0 Å². The molecule has 0 unspecified atom stereocenters. The number of hydrogen-bond donors (Lipinski definition) is 0. The van der Waals surface area contributed by atoms with Crippen molar-refractivity contribution in [2.45, 2.75) is 39.7 Å². The number of carbonyl (C=O) groups is 2. The molecule has 1 aromatic heterocycles. The number of pyridine rings is 1. The molecule has 9 nitrogen and oxygen atoms in total. The van der Waals surface area contributed by atoms with Crippen LogP contribution in [0, 0.1) is 10.3 Å². The fourth-order valence-electron chi connectivity index (χ4n) is 2.47. The minimum absolute atomic E-state index is 0.0147. The highest BCUT2D eigenvalue weighted by Gasteiger charge is 2.28. The van der Waals surface area contributed by atoms with Crippen molar-refractivity contribution in [3.63, 3.8) is 0 Å². The third-order valence-electron chi connectivity index (χ3n) is 4.14. The molecule has 1 aromatic rings. The Hall–Kier alpha value is -2.39. The summed E-state index contributed by atoms with van der Waals surface area (Å²) in [4.78, 5) is 44.2. The summed E-state index contributed by atoms with van der Waals surface area (Å²) in [6.07, 6.45) is 4.34. The standard InChI is InChI=1S/C18H26N4O5/c1-18(2,3)17(24)27-21-10-6-15(7-11-21)26-13-12-22(20-25)16(23)14-4-8-19-9-5-14/h4-5,8-9,15H,6-7,10-13H2,1-3H3. The summed E-state index contributed by atoms with van der Waals surface area (Å²) < 4.78 is 5.75. The van der Waals surface area contributed by atoms with E-state index in [-0.39, 0.29) is 25.2 Å². The molecule has 0 aromatic carbocycles. The number of hydroxylamine groups is 2. The average Bonchev–Trinajstić information content (AvgIpc) is 2.66. The SMILES string of the molecule is CC(C)(C)C(=O)ON1CCC(OCCN(N=O)C(=O)c2ccncc2)CC1. The number of nitroso groups, excluding NO2 is 1. The molecule has 0 spiro atoms. The van der Waals surface area contributed by atoms with Gasteiger partial charge in [-0.1, -0.05) is 0 Å². The maximum atomic E-state index is 12.2. The van der Waals surface area contributed by atoms with E-state index in [2.05, 4.69) is 10.3 Å². The summed E-state index contributed by atoms with van der Waals surface area (Å²) in [5.41, 5.74) is -0.196. The van der Waals surface area contributed by atoms with Gasteiger partial charge in [0, 0.05) is 31.0 Å². The smallest absolute Gasteiger partial charge is 0.330 e. The lowest BCUT2D eigenvalue weighted by atomic mass is 9.98. The molecule has 1 saturated heterocycles. The first-order valence-electron chi connectivity index (χ1n) is 8.95. The fraction of sp³-hybridized carbons (Fsp3) is 0.611. The lowest BCUT2D eigenvalue weighted by molar-refractivity contribution is -0.209. The Morgan fingerprint density at radius 2 is 1.89 bits per heavy atom. The van der Waals surface area contributed by atoms with Gasteiger partial charge in [-0.25, -0.2) is 4.79 Å². The van der Waals surface area contributed by atoms with Crippen molar-refractivity contribution in [2.24, 2.45) is 10.7 Å². The number of aromatic nitrogens is 1. The van der Waals surface area contributed by atoms with E-state index in [9.17, 15) is 14.5 Å². The molecule has 1 fully saturated rings. The highest BCUT2D eigenvalue weighted by Crippen LogP contribution is 2.19.